The summed E-state index contributed by atoms with van der Waals surface area (Å²) in [5.41, 5.74) is 1.28. The highest BCUT2D eigenvalue weighted by Gasteiger charge is 2.28. The van der Waals surface area contributed by atoms with Crippen molar-refractivity contribution in [3.8, 4) is 0 Å². The lowest BCUT2D eigenvalue weighted by atomic mass is 9.76. The normalized spacial score (nSPS) is 23.7. The molecule has 21 heavy (non-hydrogen) atoms. The van der Waals surface area contributed by atoms with Crippen molar-refractivity contribution in [3.63, 3.8) is 0 Å². The van der Waals surface area contributed by atoms with Crippen LogP contribution >= 0.6 is 39.1 Å². The number of hydrogen-bond acceptors (Lipinski definition) is 1. The maximum Gasteiger partial charge on any atom is 0.0721 e. The van der Waals surface area contributed by atoms with Crippen LogP contribution in [0.4, 0.5) is 5.69 Å². The fraction of sp³-hybridized carbons (Fsp3) is 0.647. The van der Waals surface area contributed by atoms with Crippen molar-refractivity contribution in [2.75, 3.05) is 5.32 Å². The van der Waals surface area contributed by atoms with E-state index in [-0.39, 0.29) is 0 Å². The molecule has 1 aliphatic rings. The summed E-state index contributed by atoms with van der Waals surface area (Å²) in [6.07, 6.45) is 6.24. The molecule has 1 fully saturated rings. The Kier molecular flexibility index (Phi) is 5.90. The Labute approximate surface area is 146 Å². The van der Waals surface area contributed by atoms with E-state index in [0.717, 1.165) is 16.1 Å². The van der Waals surface area contributed by atoms with E-state index in [4.69, 9.17) is 23.2 Å². The van der Waals surface area contributed by atoms with Crippen LogP contribution in [0.1, 0.15) is 52.9 Å². The van der Waals surface area contributed by atoms with Gasteiger partial charge in [-0.3, -0.25) is 0 Å². The van der Waals surface area contributed by atoms with Crippen LogP contribution < -0.4 is 5.32 Å². The number of anilines is 1. The van der Waals surface area contributed by atoms with Crippen LogP contribution in [-0.4, -0.2) is 6.04 Å². The van der Waals surface area contributed by atoms with E-state index in [2.05, 4.69) is 42.0 Å². The first-order chi connectivity index (χ1) is 9.77. The van der Waals surface area contributed by atoms with Crippen LogP contribution in [0.25, 0.3) is 0 Å². The van der Waals surface area contributed by atoms with Gasteiger partial charge in [0, 0.05) is 10.5 Å². The number of benzene rings is 1. The number of halogens is 3. The van der Waals surface area contributed by atoms with Crippen LogP contribution in [0.5, 0.6) is 0 Å². The van der Waals surface area contributed by atoms with E-state index in [1.165, 1.54) is 32.1 Å². The monoisotopic (exact) mass is 391 g/mol. The second-order valence-electron chi connectivity index (χ2n) is 7.16. The van der Waals surface area contributed by atoms with Gasteiger partial charge in [-0.25, -0.2) is 0 Å². The molecule has 2 rings (SSSR count). The second-order valence-corrected chi connectivity index (χ2v) is 8.89. The van der Waals surface area contributed by atoms with Crippen molar-refractivity contribution >= 4 is 44.8 Å². The first-order valence-corrected chi connectivity index (χ1v) is 9.23. The van der Waals surface area contributed by atoms with Crippen molar-refractivity contribution < 1.29 is 0 Å². The first-order valence-electron chi connectivity index (χ1n) is 7.68. The maximum absolute atomic E-state index is 6.32. The molecule has 0 aliphatic heterocycles. The summed E-state index contributed by atoms with van der Waals surface area (Å²) in [7, 11) is 0. The van der Waals surface area contributed by atoms with Gasteiger partial charge < -0.3 is 5.32 Å². The topological polar surface area (TPSA) is 12.0 Å². The van der Waals surface area contributed by atoms with E-state index in [0.29, 0.717) is 21.5 Å². The fourth-order valence-electron chi connectivity index (χ4n) is 3.20. The van der Waals surface area contributed by atoms with Gasteiger partial charge in [-0.2, -0.15) is 0 Å². The molecule has 4 heteroatoms. The molecule has 118 valence electrons. The molecule has 0 radical (unpaired) electrons. The lowest BCUT2D eigenvalue weighted by molar-refractivity contribution is 0.214. The lowest BCUT2D eigenvalue weighted by Gasteiger charge is -2.29. The van der Waals surface area contributed by atoms with E-state index in [1.807, 2.05) is 12.1 Å². The summed E-state index contributed by atoms with van der Waals surface area (Å²) in [4.78, 5) is 0. The number of rotatable bonds is 2. The Morgan fingerprint density at radius 1 is 1.05 bits per heavy atom. The summed E-state index contributed by atoms with van der Waals surface area (Å²) >= 11 is 16.1. The molecule has 0 bridgehead atoms. The number of hydrogen-bond donors (Lipinski definition) is 1. The van der Waals surface area contributed by atoms with Crippen molar-refractivity contribution in [2.24, 2.45) is 11.3 Å². The molecule has 0 amide bonds. The van der Waals surface area contributed by atoms with Crippen LogP contribution in [0.15, 0.2) is 16.6 Å². The highest BCUT2D eigenvalue weighted by atomic mass is 79.9. The van der Waals surface area contributed by atoms with Gasteiger partial charge >= 0.3 is 0 Å². The van der Waals surface area contributed by atoms with Crippen LogP contribution in [0.2, 0.25) is 10.0 Å². The summed E-state index contributed by atoms with van der Waals surface area (Å²) in [6.45, 7) is 7.07. The zero-order valence-corrected chi connectivity index (χ0v) is 16.1. The summed E-state index contributed by atoms with van der Waals surface area (Å²) in [5, 5.41) is 4.94. The molecular weight excluding hydrogens is 369 g/mol. The van der Waals surface area contributed by atoms with E-state index >= 15 is 0 Å². The Bertz CT molecular complexity index is 473. The Morgan fingerprint density at radius 3 is 2.24 bits per heavy atom. The van der Waals surface area contributed by atoms with Crippen LogP contribution in [-0.2, 0) is 0 Å². The SMILES string of the molecule is CC(C)(C)C1CCCC(Nc2c(Cl)cc(Br)cc2Cl)CC1. The van der Waals surface area contributed by atoms with Crippen molar-refractivity contribution in [1.29, 1.82) is 0 Å². The predicted molar refractivity (Wildman–Crippen MR) is 97.6 cm³/mol. The molecule has 0 spiro atoms. The molecule has 1 aromatic carbocycles. The van der Waals surface area contributed by atoms with Gasteiger partial charge in [0.05, 0.1) is 15.7 Å². The molecule has 1 N–H and O–H groups in total. The third kappa shape index (κ3) is 4.77. The molecule has 1 nitrogen and oxygen atoms in total. The van der Waals surface area contributed by atoms with E-state index < -0.39 is 0 Å². The number of nitrogens with one attached hydrogen (secondary N) is 1. The van der Waals surface area contributed by atoms with Gasteiger partial charge in [0.1, 0.15) is 0 Å². The second kappa shape index (κ2) is 7.10. The fourth-order valence-corrected chi connectivity index (χ4v) is 4.51. The average Bonchev–Trinajstić information content (AvgIpc) is 2.58. The highest BCUT2D eigenvalue weighted by Crippen LogP contribution is 2.39. The van der Waals surface area contributed by atoms with Gasteiger partial charge in [0.15, 0.2) is 0 Å². The minimum atomic E-state index is 0.405. The summed E-state index contributed by atoms with van der Waals surface area (Å²) in [6, 6.07) is 4.25. The highest BCUT2D eigenvalue weighted by molar-refractivity contribution is 9.10. The van der Waals surface area contributed by atoms with Crippen LogP contribution in [0.3, 0.4) is 0 Å². The molecular formula is C17H24BrCl2N. The van der Waals surface area contributed by atoms with Gasteiger partial charge in [0.2, 0.25) is 0 Å². The molecule has 2 atom stereocenters. The summed E-state index contributed by atoms with van der Waals surface area (Å²) < 4.78 is 0.914. The minimum Gasteiger partial charge on any atom is -0.380 e. The standard InChI is InChI=1S/C17H24BrCl2N/c1-17(2,3)11-5-4-6-13(8-7-11)21-16-14(19)9-12(18)10-15(16)20/h9-11,13,21H,4-8H2,1-3H3. The lowest BCUT2D eigenvalue weighted by Crippen LogP contribution is -2.21. The molecule has 2 unspecified atom stereocenters. The minimum absolute atomic E-state index is 0.405. The predicted octanol–water partition coefficient (Wildman–Crippen LogP) is 7.16. The molecule has 0 heterocycles. The quantitative estimate of drug-likeness (QED) is 0.526. The van der Waals surface area contributed by atoms with E-state index in [1.54, 1.807) is 0 Å². The Morgan fingerprint density at radius 2 is 1.67 bits per heavy atom. The average molecular weight is 393 g/mol. The summed E-state index contributed by atoms with van der Waals surface area (Å²) in [5.74, 6) is 0.806. The van der Waals surface area contributed by atoms with E-state index in [9.17, 15) is 0 Å². The smallest absolute Gasteiger partial charge is 0.0721 e. The third-order valence-corrected chi connectivity index (χ3v) is 5.60. The molecule has 1 aromatic rings. The molecule has 1 aliphatic carbocycles. The first kappa shape index (κ1) is 17.4. The van der Waals surface area contributed by atoms with Crippen molar-refractivity contribution in [3.05, 3.63) is 26.7 Å². The van der Waals surface area contributed by atoms with Gasteiger partial charge in [-0.05, 0) is 49.1 Å². The molecule has 0 saturated heterocycles. The third-order valence-electron chi connectivity index (χ3n) is 4.55. The van der Waals surface area contributed by atoms with Gasteiger partial charge in [-0.15, -0.1) is 0 Å². The van der Waals surface area contributed by atoms with Crippen LogP contribution in [0, 0.1) is 11.3 Å². The maximum atomic E-state index is 6.32. The Balaban J connectivity index is 2.05. The largest absolute Gasteiger partial charge is 0.380 e. The van der Waals surface area contributed by atoms with Crippen molar-refractivity contribution in [2.45, 2.75) is 58.9 Å². The molecule has 1 saturated carbocycles. The van der Waals surface area contributed by atoms with Gasteiger partial charge in [-0.1, -0.05) is 66.3 Å². The zero-order valence-electron chi connectivity index (χ0n) is 13.0. The van der Waals surface area contributed by atoms with Crippen molar-refractivity contribution in [1.82, 2.24) is 0 Å². The Hall–Kier alpha value is 0.0800. The molecule has 0 aromatic heterocycles. The zero-order chi connectivity index (χ0) is 15.6. The van der Waals surface area contributed by atoms with Gasteiger partial charge in [0.25, 0.3) is 0 Å².